The minimum atomic E-state index is -0.156. The van der Waals surface area contributed by atoms with Crippen LogP contribution in [0.2, 0.25) is 0 Å². The second-order valence-corrected chi connectivity index (χ2v) is 6.34. The molecule has 1 saturated heterocycles. The number of nitrogens with zero attached hydrogens (tertiary/aromatic N) is 1. The van der Waals surface area contributed by atoms with Crippen molar-refractivity contribution in [2.45, 2.75) is 51.6 Å². The minimum absolute atomic E-state index is 0.0124. The minimum Gasteiger partial charge on any atom is -0.369 e. The standard InChI is InChI=1S/C11H22N2OS/c1-10(2)6-8(9(12)14)7-11(3,4)13(10)15-5/h8H,6-7H2,1-5H3,(H2,12,14). The molecule has 4 heteroatoms. The van der Waals surface area contributed by atoms with E-state index >= 15 is 0 Å². The molecule has 15 heavy (non-hydrogen) atoms. The molecule has 0 radical (unpaired) electrons. The second kappa shape index (κ2) is 3.98. The SMILES string of the molecule is CSN1C(C)(C)CC(C(N)=O)CC1(C)C. The van der Waals surface area contributed by atoms with Crippen LogP contribution < -0.4 is 5.73 Å². The van der Waals surface area contributed by atoms with Crippen LogP contribution in [0.5, 0.6) is 0 Å². The number of amides is 1. The van der Waals surface area contributed by atoms with E-state index in [2.05, 4.69) is 38.3 Å². The zero-order chi connectivity index (χ0) is 11.9. The highest BCUT2D eigenvalue weighted by atomic mass is 32.2. The topological polar surface area (TPSA) is 46.3 Å². The summed E-state index contributed by atoms with van der Waals surface area (Å²) in [6.07, 6.45) is 3.80. The van der Waals surface area contributed by atoms with Crippen LogP contribution in [0.15, 0.2) is 0 Å². The molecule has 1 fully saturated rings. The van der Waals surface area contributed by atoms with E-state index in [0.29, 0.717) is 0 Å². The van der Waals surface area contributed by atoms with E-state index < -0.39 is 0 Å². The fourth-order valence-corrected chi connectivity index (χ4v) is 4.10. The first-order valence-electron chi connectivity index (χ1n) is 5.34. The van der Waals surface area contributed by atoms with Crippen molar-refractivity contribution >= 4 is 17.9 Å². The lowest BCUT2D eigenvalue weighted by Crippen LogP contribution is -2.58. The normalized spacial score (nSPS) is 26.5. The molecule has 0 aliphatic carbocycles. The molecule has 0 aromatic rings. The lowest BCUT2D eigenvalue weighted by molar-refractivity contribution is -0.126. The third kappa shape index (κ3) is 2.48. The van der Waals surface area contributed by atoms with E-state index in [4.69, 9.17) is 5.73 Å². The molecular formula is C11H22N2OS. The van der Waals surface area contributed by atoms with Gasteiger partial charge in [-0.3, -0.25) is 4.79 Å². The Balaban J connectivity index is 2.95. The van der Waals surface area contributed by atoms with E-state index in [1.54, 1.807) is 11.9 Å². The summed E-state index contributed by atoms with van der Waals surface area (Å²) >= 11 is 1.75. The van der Waals surface area contributed by atoms with Gasteiger partial charge in [0.1, 0.15) is 0 Å². The fourth-order valence-electron chi connectivity index (χ4n) is 2.96. The summed E-state index contributed by atoms with van der Waals surface area (Å²) in [4.78, 5) is 11.3. The number of hydrogen-bond donors (Lipinski definition) is 1. The zero-order valence-corrected chi connectivity index (χ0v) is 11.1. The quantitative estimate of drug-likeness (QED) is 0.738. The molecule has 1 aliphatic rings. The molecule has 0 saturated carbocycles. The number of carbonyl (C=O) groups is 1. The molecule has 0 bridgehead atoms. The first kappa shape index (κ1) is 12.8. The van der Waals surface area contributed by atoms with Crippen molar-refractivity contribution in [3.8, 4) is 0 Å². The Kier molecular flexibility index (Phi) is 3.41. The Labute approximate surface area is 96.9 Å². The molecule has 0 unspecified atom stereocenters. The summed E-state index contributed by atoms with van der Waals surface area (Å²) in [6.45, 7) is 8.72. The third-order valence-corrected chi connectivity index (χ3v) is 4.53. The van der Waals surface area contributed by atoms with Crippen LogP contribution in [0.1, 0.15) is 40.5 Å². The highest BCUT2D eigenvalue weighted by Gasteiger charge is 2.46. The summed E-state index contributed by atoms with van der Waals surface area (Å²) in [6, 6.07) is 0. The van der Waals surface area contributed by atoms with Crippen LogP contribution in [-0.2, 0) is 4.79 Å². The largest absolute Gasteiger partial charge is 0.369 e. The first-order valence-corrected chi connectivity index (χ1v) is 6.52. The maximum atomic E-state index is 11.3. The van der Waals surface area contributed by atoms with Gasteiger partial charge in [-0.25, -0.2) is 4.31 Å². The van der Waals surface area contributed by atoms with Gasteiger partial charge in [-0.15, -0.1) is 0 Å². The monoisotopic (exact) mass is 230 g/mol. The Morgan fingerprint density at radius 1 is 1.27 bits per heavy atom. The van der Waals surface area contributed by atoms with Gasteiger partial charge in [0.05, 0.1) is 0 Å². The molecule has 0 aromatic carbocycles. The van der Waals surface area contributed by atoms with Crippen LogP contribution in [0.25, 0.3) is 0 Å². The number of carbonyl (C=O) groups excluding carboxylic acids is 1. The van der Waals surface area contributed by atoms with Gasteiger partial charge in [-0.2, -0.15) is 0 Å². The van der Waals surface area contributed by atoms with Crippen LogP contribution >= 0.6 is 11.9 Å². The van der Waals surface area contributed by atoms with Crippen LogP contribution in [0.3, 0.4) is 0 Å². The van der Waals surface area contributed by atoms with Crippen molar-refractivity contribution in [2.24, 2.45) is 11.7 Å². The maximum Gasteiger partial charge on any atom is 0.220 e. The molecule has 2 N–H and O–H groups in total. The molecule has 3 nitrogen and oxygen atoms in total. The van der Waals surface area contributed by atoms with Gasteiger partial charge in [0.25, 0.3) is 0 Å². The van der Waals surface area contributed by atoms with Gasteiger partial charge in [-0.05, 0) is 46.8 Å². The summed E-state index contributed by atoms with van der Waals surface area (Å²) < 4.78 is 2.39. The molecule has 0 atom stereocenters. The van der Waals surface area contributed by atoms with Crippen LogP contribution in [0, 0.1) is 5.92 Å². The lowest BCUT2D eigenvalue weighted by atomic mass is 9.75. The molecule has 1 aliphatic heterocycles. The predicted octanol–water partition coefficient (Wildman–Crippen LogP) is 2.02. The van der Waals surface area contributed by atoms with E-state index in [1.807, 2.05) is 0 Å². The molecular weight excluding hydrogens is 208 g/mol. The second-order valence-electron chi connectivity index (χ2n) is 5.61. The Bertz CT molecular complexity index is 245. The van der Waals surface area contributed by atoms with Crippen molar-refractivity contribution in [3.63, 3.8) is 0 Å². The number of hydrogen-bond acceptors (Lipinski definition) is 3. The van der Waals surface area contributed by atoms with Crippen molar-refractivity contribution in [3.05, 3.63) is 0 Å². The van der Waals surface area contributed by atoms with E-state index in [-0.39, 0.29) is 22.9 Å². The summed E-state index contributed by atoms with van der Waals surface area (Å²) in [5.74, 6) is -0.143. The Morgan fingerprint density at radius 2 is 1.67 bits per heavy atom. The summed E-state index contributed by atoms with van der Waals surface area (Å²) in [5.41, 5.74) is 5.49. The molecule has 1 amide bonds. The first-order chi connectivity index (χ1) is 6.70. The number of rotatable bonds is 2. The number of primary amides is 1. The number of piperidine rings is 1. The Morgan fingerprint density at radius 3 is 1.93 bits per heavy atom. The lowest BCUT2D eigenvalue weighted by Gasteiger charge is -2.53. The van der Waals surface area contributed by atoms with E-state index in [1.165, 1.54) is 0 Å². The van der Waals surface area contributed by atoms with Crippen LogP contribution in [0.4, 0.5) is 0 Å². The van der Waals surface area contributed by atoms with Gasteiger partial charge in [0, 0.05) is 17.0 Å². The van der Waals surface area contributed by atoms with Crippen molar-refractivity contribution < 1.29 is 4.79 Å². The third-order valence-electron chi connectivity index (χ3n) is 3.18. The fraction of sp³-hybridized carbons (Fsp3) is 0.909. The van der Waals surface area contributed by atoms with E-state index in [9.17, 15) is 4.79 Å². The van der Waals surface area contributed by atoms with E-state index in [0.717, 1.165) is 12.8 Å². The van der Waals surface area contributed by atoms with Crippen LogP contribution in [-0.4, -0.2) is 27.5 Å². The molecule has 1 rings (SSSR count). The predicted molar refractivity (Wildman–Crippen MR) is 65.4 cm³/mol. The molecule has 1 heterocycles. The molecule has 0 spiro atoms. The highest BCUT2D eigenvalue weighted by molar-refractivity contribution is 7.96. The summed E-state index contributed by atoms with van der Waals surface area (Å²) in [7, 11) is 0. The zero-order valence-electron chi connectivity index (χ0n) is 10.3. The van der Waals surface area contributed by atoms with Crippen molar-refractivity contribution in [1.29, 1.82) is 0 Å². The number of nitrogens with two attached hydrogens (primary N) is 1. The maximum absolute atomic E-state index is 11.3. The van der Waals surface area contributed by atoms with Gasteiger partial charge in [0.2, 0.25) is 5.91 Å². The molecule has 88 valence electrons. The highest BCUT2D eigenvalue weighted by Crippen LogP contribution is 2.44. The smallest absolute Gasteiger partial charge is 0.220 e. The van der Waals surface area contributed by atoms with Crippen molar-refractivity contribution in [2.75, 3.05) is 6.26 Å². The average Bonchev–Trinajstić information content (AvgIpc) is 1.99. The van der Waals surface area contributed by atoms with Gasteiger partial charge < -0.3 is 5.73 Å². The molecule has 0 aromatic heterocycles. The Hall–Kier alpha value is -0.220. The van der Waals surface area contributed by atoms with Gasteiger partial charge in [0.15, 0.2) is 0 Å². The average molecular weight is 230 g/mol. The summed E-state index contributed by atoms with van der Waals surface area (Å²) in [5, 5.41) is 0. The van der Waals surface area contributed by atoms with Crippen molar-refractivity contribution in [1.82, 2.24) is 4.31 Å². The van der Waals surface area contributed by atoms with Gasteiger partial charge in [-0.1, -0.05) is 11.9 Å². The van der Waals surface area contributed by atoms with Gasteiger partial charge >= 0.3 is 0 Å².